The van der Waals surface area contributed by atoms with Crippen molar-refractivity contribution >= 4 is 11.9 Å². The van der Waals surface area contributed by atoms with Crippen molar-refractivity contribution in [2.45, 2.75) is 180 Å². The molecule has 0 saturated carbocycles. The van der Waals surface area contributed by atoms with E-state index in [1.807, 2.05) is 0 Å². The molecule has 0 N–H and O–H groups in total. The maximum absolute atomic E-state index is 12.0. The monoisotopic (exact) mass is 524 g/mol. The highest BCUT2D eigenvalue weighted by Crippen LogP contribution is 2.32. The Hall–Kier alpha value is -1.14. The lowest BCUT2D eigenvalue weighted by molar-refractivity contribution is -0.158. The number of rotatable bonds is 25. The largest absolute Gasteiger partial charge is 0.462 e. The maximum atomic E-state index is 12.0. The molecule has 6 heteroatoms. The molecular weight excluding hydrogens is 468 g/mol. The van der Waals surface area contributed by atoms with Crippen LogP contribution in [0.3, 0.4) is 0 Å². The number of hydrogen-bond donors (Lipinski definition) is 0. The fourth-order valence-electron chi connectivity index (χ4n) is 5.07. The standard InChI is InChI=1S/C31H56O6/c1-4-6-18-26-28(36-26)20-14-10-8-12-16-22-30(32)34-24-25(3)35-31(33)23-17-13-9-11-15-21-29-27(37-29)19-7-5-2/h25-29H,4-24H2,1-3H3. The molecule has 2 aliphatic heterocycles. The quantitative estimate of drug-likeness (QED) is 0.0688. The van der Waals surface area contributed by atoms with Crippen LogP contribution in [-0.4, -0.2) is 49.1 Å². The second-order valence-electron chi connectivity index (χ2n) is 11.3. The Morgan fingerprint density at radius 3 is 1.49 bits per heavy atom. The lowest BCUT2D eigenvalue weighted by atomic mass is 10.1. The molecule has 0 aliphatic carbocycles. The number of carbonyl (C=O) groups excluding carboxylic acids is 2. The van der Waals surface area contributed by atoms with Crippen LogP contribution in [0.4, 0.5) is 0 Å². The van der Waals surface area contributed by atoms with Gasteiger partial charge in [0.2, 0.25) is 0 Å². The van der Waals surface area contributed by atoms with Crippen molar-refractivity contribution in [1.82, 2.24) is 0 Å². The van der Waals surface area contributed by atoms with E-state index in [-0.39, 0.29) is 24.6 Å². The van der Waals surface area contributed by atoms with Gasteiger partial charge in [-0.25, -0.2) is 0 Å². The van der Waals surface area contributed by atoms with Crippen LogP contribution in [0.2, 0.25) is 0 Å². The van der Waals surface area contributed by atoms with Crippen molar-refractivity contribution in [2.24, 2.45) is 0 Å². The summed E-state index contributed by atoms with van der Waals surface area (Å²) in [5, 5.41) is 0. The smallest absolute Gasteiger partial charge is 0.306 e. The Morgan fingerprint density at radius 2 is 1.00 bits per heavy atom. The van der Waals surface area contributed by atoms with Crippen LogP contribution in [-0.2, 0) is 28.5 Å². The third-order valence-electron chi connectivity index (χ3n) is 7.61. The first kappa shape index (κ1) is 32.1. The summed E-state index contributed by atoms with van der Waals surface area (Å²) in [7, 11) is 0. The summed E-state index contributed by atoms with van der Waals surface area (Å²) in [6.45, 7) is 6.38. The Labute approximate surface area is 226 Å². The summed E-state index contributed by atoms with van der Waals surface area (Å²) < 4.78 is 22.1. The molecule has 6 nitrogen and oxygen atoms in total. The molecule has 2 heterocycles. The van der Waals surface area contributed by atoms with E-state index in [0.29, 0.717) is 37.3 Å². The van der Waals surface area contributed by atoms with Crippen molar-refractivity contribution in [3.63, 3.8) is 0 Å². The van der Waals surface area contributed by atoms with E-state index in [4.69, 9.17) is 18.9 Å². The summed E-state index contributed by atoms with van der Waals surface area (Å²) in [6.07, 6.45) is 23.4. The molecule has 216 valence electrons. The average molecular weight is 525 g/mol. The number of esters is 2. The van der Waals surface area contributed by atoms with Gasteiger partial charge >= 0.3 is 11.9 Å². The second kappa shape index (κ2) is 19.9. The first-order valence-corrected chi connectivity index (χ1v) is 15.7. The molecular formula is C31H56O6. The minimum absolute atomic E-state index is 0.146. The van der Waals surface area contributed by atoms with E-state index >= 15 is 0 Å². The van der Waals surface area contributed by atoms with Crippen molar-refractivity contribution < 1.29 is 28.5 Å². The third kappa shape index (κ3) is 16.4. The van der Waals surface area contributed by atoms with Gasteiger partial charge in [-0.15, -0.1) is 0 Å². The van der Waals surface area contributed by atoms with Crippen LogP contribution >= 0.6 is 0 Å². The lowest BCUT2D eigenvalue weighted by Crippen LogP contribution is -2.22. The zero-order valence-electron chi connectivity index (χ0n) is 24.2. The highest BCUT2D eigenvalue weighted by molar-refractivity contribution is 5.70. The molecule has 2 aliphatic rings. The number of carbonyl (C=O) groups is 2. The van der Waals surface area contributed by atoms with Gasteiger partial charge in [-0.05, 0) is 45.4 Å². The van der Waals surface area contributed by atoms with Crippen LogP contribution in [0.5, 0.6) is 0 Å². The molecule has 5 atom stereocenters. The highest BCUT2D eigenvalue weighted by Gasteiger charge is 2.37. The minimum atomic E-state index is -0.388. The fourth-order valence-corrected chi connectivity index (χ4v) is 5.07. The van der Waals surface area contributed by atoms with E-state index in [0.717, 1.165) is 38.5 Å². The first-order valence-electron chi connectivity index (χ1n) is 15.7. The average Bonchev–Trinajstić information content (AvgIpc) is 3.80. The second-order valence-corrected chi connectivity index (χ2v) is 11.3. The van der Waals surface area contributed by atoms with E-state index in [1.165, 1.54) is 77.0 Å². The van der Waals surface area contributed by atoms with Crippen molar-refractivity contribution in [3.8, 4) is 0 Å². The zero-order chi connectivity index (χ0) is 26.7. The molecule has 37 heavy (non-hydrogen) atoms. The lowest BCUT2D eigenvalue weighted by Gasteiger charge is -2.13. The molecule has 2 saturated heterocycles. The summed E-state index contributed by atoms with van der Waals surface area (Å²) in [4.78, 5) is 24.0. The van der Waals surface area contributed by atoms with Gasteiger partial charge in [-0.2, -0.15) is 0 Å². The molecule has 0 aromatic carbocycles. The predicted octanol–water partition coefficient (Wildman–Crippen LogP) is 7.84. The van der Waals surface area contributed by atoms with Crippen molar-refractivity contribution in [2.75, 3.05) is 6.61 Å². The first-order chi connectivity index (χ1) is 18.0. The van der Waals surface area contributed by atoms with Crippen molar-refractivity contribution in [3.05, 3.63) is 0 Å². The Bertz CT molecular complexity index is 609. The van der Waals surface area contributed by atoms with Gasteiger partial charge in [0, 0.05) is 12.8 Å². The summed E-state index contributed by atoms with van der Waals surface area (Å²) in [5.74, 6) is -0.386. The van der Waals surface area contributed by atoms with Gasteiger partial charge in [0.1, 0.15) is 12.7 Å². The summed E-state index contributed by atoms with van der Waals surface area (Å²) in [6, 6.07) is 0. The zero-order valence-corrected chi connectivity index (χ0v) is 24.2. The summed E-state index contributed by atoms with van der Waals surface area (Å²) >= 11 is 0. The van der Waals surface area contributed by atoms with E-state index in [2.05, 4.69) is 13.8 Å². The molecule has 5 unspecified atom stereocenters. The molecule has 0 spiro atoms. The molecule has 0 aromatic heterocycles. The third-order valence-corrected chi connectivity index (χ3v) is 7.61. The number of hydrogen-bond acceptors (Lipinski definition) is 6. The van der Waals surface area contributed by atoms with Gasteiger partial charge < -0.3 is 18.9 Å². The highest BCUT2D eigenvalue weighted by atomic mass is 16.6. The fraction of sp³-hybridized carbons (Fsp3) is 0.935. The number of unbranched alkanes of at least 4 members (excludes halogenated alkanes) is 10. The molecule has 0 radical (unpaired) electrons. The predicted molar refractivity (Wildman–Crippen MR) is 148 cm³/mol. The SMILES string of the molecule is CCCCC1OC1CCCCCCCC(=O)OCC(C)OC(=O)CCCCCCCC1OC1CCCC. The van der Waals surface area contributed by atoms with Crippen LogP contribution in [0.15, 0.2) is 0 Å². The topological polar surface area (TPSA) is 77.7 Å². The Morgan fingerprint density at radius 1 is 0.595 bits per heavy atom. The molecule has 2 fully saturated rings. The van der Waals surface area contributed by atoms with Gasteiger partial charge in [-0.1, -0.05) is 90.9 Å². The van der Waals surface area contributed by atoms with Crippen LogP contribution in [0.1, 0.15) is 149 Å². The number of ether oxygens (including phenoxy) is 4. The minimum Gasteiger partial charge on any atom is -0.462 e. The Kier molecular flexibility index (Phi) is 17.2. The summed E-state index contributed by atoms with van der Waals surface area (Å²) in [5.41, 5.74) is 0. The van der Waals surface area contributed by atoms with E-state index in [9.17, 15) is 9.59 Å². The normalized spacial score (nSPS) is 23.0. The van der Waals surface area contributed by atoms with Gasteiger partial charge in [-0.3, -0.25) is 9.59 Å². The van der Waals surface area contributed by atoms with Gasteiger partial charge in [0.05, 0.1) is 24.4 Å². The van der Waals surface area contributed by atoms with Gasteiger partial charge in [0.15, 0.2) is 0 Å². The maximum Gasteiger partial charge on any atom is 0.306 e. The molecule has 2 rings (SSSR count). The van der Waals surface area contributed by atoms with E-state index in [1.54, 1.807) is 6.92 Å². The van der Waals surface area contributed by atoms with Crippen LogP contribution in [0.25, 0.3) is 0 Å². The van der Waals surface area contributed by atoms with E-state index < -0.39 is 0 Å². The van der Waals surface area contributed by atoms with Crippen LogP contribution < -0.4 is 0 Å². The molecule has 0 aromatic rings. The Balaban J connectivity index is 1.31. The van der Waals surface area contributed by atoms with Gasteiger partial charge in [0.25, 0.3) is 0 Å². The molecule has 0 bridgehead atoms. The number of epoxide rings is 2. The van der Waals surface area contributed by atoms with Crippen molar-refractivity contribution in [1.29, 1.82) is 0 Å². The molecule has 0 amide bonds. The van der Waals surface area contributed by atoms with Crippen LogP contribution in [0, 0.1) is 0 Å².